The summed E-state index contributed by atoms with van der Waals surface area (Å²) in [6, 6.07) is 0. The van der Waals surface area contributed by atoms with Crippen LogP contribution in [0.4, 0.5) is 0 Å². The molecule has 0 saturated carbocycles. The topological polar surface area (TPSA) is 55.4 Å². The summed E-state index contributed by atoms with van der Waals surface area (Å²) in [7, 11) is 0. The van der Waals surface area contributed by atoms with E-state index in [2.05, 4.69) is 23.6 Å². The number of nitrogens with two attached hydrogens (primary N) is 1. The van der Waals surface area contributed by atoms with E-state index in [9.17, 15) is 4.91 Å². The van der Waals surface area contributed by atoms with Gasteiger partial charge in [0, 0.05) is 13.0 Å². The fourth-order valence-corrected chi connectivity index (χ4v) is 1.50. The lowest BCUT2D eigenvalue weighted by atomic mass is 9.98. The monoisotopic (exact) mass is 240 g/mol. The first-order valence-electron chi connectivity index (χ1n) is 5.64. The highest BCUT2D eigenvalue weighted by atomic mass is 16.3. The maximum atomic E-state index is 10.6. The van der Waals surface area contributed by atoms with Crippen LogP contribution in [0.3, 0.4) is 0 Å². The molecular weight excluding hydrogens is 224 g/mol. The standard InChI is InChI=1S/C15H16N2O/c1-3-4-6-13-7-5-8-15(17-18)10-9-14(11-16)12(13)2/h5-7,9-10H,2,8,11,16H2,1H3/b7-5?,13-6-,14-9?,15-10+. The van der Waals surface area contributed by atoms with Crippen molar-refractivity contribution < 1.29 is 0 Å². The normalized spacial score (nSPS) is 20.8. The van der Waals surface area contributed by atoms with Gasteiger partial charge in [0.1, 0.15) is 0 Å². The number of hydrogen-bond donors (Lipinski definition) is 1. The van der Waals surface area contributed by atoms with Crippen molar-refractivity contribution in [2.45, 2.75) is 13.3 Å². The van der Waals surface area contributed by atoms with E-state index in [-0.39, 0.29) is 0 Å². The van der Waals surface area contributed by atoms with Crippen LogP contribution in [0.15, 0.2) is 64.6 Å². The number of nitrogens with zero attached hydrogens (tertiary/aromatic N) is 1. The minimum absolute atomic E-state index is 0.353. The van der Waals surface area contributed by atoms with Crippen molar-refractivity contribution in [3.8, 4) is 11.8 Å². The lowest BCUT2D eigenvalue weighted by Gasteiger charge is -2.08. The zero-order valence-corrected chi connectivity index (χ0v) is 10.4. The zero-order valence-electron chi connectivity index (χ0n) is 10.4. The maximum absolute atomic E-state index is 10.6. The summed E-state index contributed by atoms with van der Waals surface area (Å²) < 4.78 is 0. The Morgan fingerprint density at radius 2 is 2.33 bits per heavy atom. The van der Waals surface area contributed by atoms with Crippen LogP contribution < -0.4 is 5.73 Å². The number of allylic oxidation sites excluding steroid dienone is 6. The molecule has 0 unspecified atom stereocenters. The Morgan fingerprint density at radius 3 is 2.94 bits per heavy atom. The predicted octanol–water partition coefficient (Wildman–Crippen LogP) is 2.99. The van der Waals surface area contributed by atoms with Gasteiger partial charge >= 0.3 is 0 Å². The van der Waals surface area contributed by atoms with Gasteiger partial charge in [-0.05, 0) is 41.0 Å². The Labute approximate surface area is 107 Å². The molecule has 1 aliphatic carbocycles. The van der Waals surface area contributed by atoms with Gasteiger partial charge in [0.25, 0.3) is 0 Å². The second kappa shape index (κ2) is 7.21. The van der Waals surface area contributed by atoms with Crippen molar-refractivity contribution in [1.82, 2.24) is 0 Å². The Kier molecular flexibility index (Phi) is 5.56. The van der Waals surface area contributed by atoms with Crippen LogP contribution in [0.2, 0.25) is 0 Å². The molecule has 0 radical (unpaired) electrons. The summed E-state index contributed by atoms with van der Waals surface area (Å²) in [5.41, 5.74) is 8.75. The van der Waals surface area contributed by atoms with Gasteiger partial charge in [0.05, 0.1) is 5.70 Å². The van der Waals surface area contributed by atoms with Crippen LogP contribution in [0.5, 0.6) is 0 Å². The molecule has 3 heteroatoms. The van der Waals surface area contributed by atoms with E-state index < -0.39 is 0 Å². The average molecular weight is 240 g/mol. The van der Waals surface area contributed by atoms with Crippen molar-refractivity contribution >= 4 is 0 Å². The first kappa shape index (κ1) is 13.9. The van der Waals surface area contributed by atoms with E-state index >= 15 is 0 Å². The predicted molar refractivity (Wildman–Crippen MR) is 75.4 cm³/mol. The molecule has 0 atom stereocenters. The van der Waals surface area contributed by atoms with E-state index in [4.69, 9.17) is 5.73 Å². The van der Waals surface area contributed by atoms with E-state index in [1.807, 2.05) is 12.2 Å². The van der Waals surface area contributed by atoms with E-state index in [0.717, 1.165) is 16.7 Å². The maximum Gasteiger partial charge on any atom is 0.0886 e. The molecule has 0 aromatic carbocycles. The summed E-state index contributed by atoms with van der Waals surface area (Å²) in [5, 5.41) is 2.97. The first-order chi connectivity index (χ1) is 8.72. The van der Waals surface area contributed by atoms with Gasteiger partial charge in [-0.15, -0.1) is 10.8 Å². The van der Waals surface area contributed by atoms with Crippen LogP contribution >= 0.6 is 0 Å². The van der Waals surface area contributed by atoms with Crippen LogP contribution in [0.25, 0.3) is 0 Å². The summed E-state index contributed by atoms with van der Waals surface area (Å²) in [6.45, 7) is 6.15. The summed E-state index contributed by atoms with van der Waals surface area (Å²) in [6.07, 6.45) is 9.51. The molecule has 0 amide bonds. The third-order valence-electron chi connectivity index (χ3n) is 2.55. The third kappa shape index (κ3) is 3.69. The van der Waals surface area contributed by atoms with Crippen molar-refractivity contribution in [2.75, 3.05) is 6.54 Å². The molecule has 2 N–H and O–H groups in total. The summed E-state index contributed by atoms with van der Waals surface area (Å²) >= 11 is 0. The molecule has 0 aromatic heterocycles. The summed E-state index contributed by atoms with van der Waals surface area (Å²) in [4.78, 5) is 10.6. The minimum Gasteiger partial charge on any atom is -0.326 e. The van der Waals surface area contributed by atoms with Gasteiger partial charge in [-0.1, -0.05) is 30.7 Å². The van der Waals surface area contributed by atoms with Crippen LogP contribution in [0.1, 0.15) is 13.3 Å². The van der Waals surface area contributed by atoms with Gasteiger partial charge in [-0.2, -0.15) is 0 Å². The highest BCUT2D eigenvalue weighted by molar-refractivity contribution is 5.54. The zero-order chi connectivity index (χ0) is 13.4. The quantitative estimate of drug-likeness (QED) is 0.596. The van der Waals surface area contributed by atoms with Crippen molar-refractivity contribution in [3.63, 3.8) is 0 Å². The molecule has 1 aliphatic rings. The molecule has 0 heterocycles. The van der Waals surface area contributed by atoms with Gasteiger partial charge < -0.3 is 5.73 Å². The first-order valence-corrected chi connectivity index (χ1v) is 5.64. The van der Waals surface area contributed by atoms with E-state index in [0.29, 0.717) is 18.7 Å². The fourth-order valence-electron chi connectivity index (χ4n) is 1.50. The van der Waals surface area contributed by atoms with Gasteiger partial charge in [-0.25, -0.2) is 0 Å². The molecule has 0 aliphatic heterocycles. The van der Waals surface area contributed by atoms with Crippen molar-refractivity contribution in [1.29, 1.82) is 0 Å². The molecule has 3 nitrogen and oxygen atoms in total. The lowest BCUT2D eigenvalue weighted by Crippen LogP contribution is -2.05. The molecular formula is C15H16N2O. The Morgan fingerprint density at radius 1 is 1.56 bits per heavy atom. The van der Waals surface area contributed by atoms with Crippen LogP contribution in [-0.4, -0.2) is 6.54 Å². The Hall–Kier alpha value is -2.18. The highest BCUT2D eigenvalue weighted by Gasteiger charge is 2.06. The molecule has 0 aromatic rings. The van der Waals surface area contributed by atoms with Gasteiger partial charge in [-0.3, -0.25) is 0 Å². The van der Waals surface area contributed by atoms with E-state index in [1.54, 1.807) is 25.2 Å². The molecule has 1 rings (SSSR count). The third-order valence-corrected chi connectivity index (χ3v) is 2.55. The smallest absolute Gasteiger partial charge is 0.0886 e. The van der Waals surface area contributed by atoms with Crippen LogP contribution in [0, 0.1) is 16.7 Å². The number of rotatable bonds is 2. The largest absolute Gasteiger partial charge is 0.326 e. The Bertz CT molecular complexity index is 522. The minimum atomic E-state index is 0.353. The van der Waals surface area contributed by atoms with Crippen molar-refractivity contribution in [3.05, 3.63) is 64.3 Å². The Balaban J connectivity index is 3.22. The van der Waals surface area contributed by atoms with Gasteiger partial charge in [0.2, 0.25) is 0 Å². The number of nitroso groups, excluding NO2 is 1. The SMILES string of the molecule is C=C1C(CN)=C/C=C(/N=O)CC=C/C1=C/C#CC. The molecule has 92 valence electrons. The van der Waals surface area contributed by atoms with Crippen molar-refractivity contribution in [2.24, 2.45) is 10.9 Å². The molecule has 0 saturated heterocycles. The average Bonchev–Trinajstić information content (AvgIpc) is 2.46. The molecule has 0 spiro atoms. The molecule has 18 heavy (non-hydrogen) atoms. The van der Waals surface area contributed by atoms with Gasteiger partial charge in [0.15, 0.2) is 0 Å². The molecule has 0 fully saturated rings. The lowest BCUT2D eigenvalue weighted by molar-refractivity contribution is 1.14. The number of hydrogen-bond acceptors (Lipinski definition) is 3. The fraction of sp³-hybridized carbons (Fsp3) is 0.200. The van der Waals surface area contributed by atoms with E-state index in [1.165, 1.54) is 0 Å². The second-order valence-corrected chi connectivity index (χ2v) is 3.72. The molecule has 0 bridgehead atoms. The second-order valence-electron chi connectivity index (χ2n) is 3.72. The highest BCUT2D eigenvalue weighted by Crippen LogP contribution is 2.21. The summed E-state index contributed by atoms with van der Waals surface area (Å²) in [5.74, 6) is 5.70. The van der Waals surface area contributed by atoms with Crippen LogP contribution in [-0.2, 0) is 0 Å².